The molecule has 0 heterocycles. The number of nitrogens with zero attached hydrogens (tertiary/aromatic N) is 1. The first-order valence-electron chi connectivity index (χ1n) is 8.53. The van der Waals surface area contributed by atoms with Crippen molar-refractivity contribution in [1.82, 2.24) is 0 Å². The average Bonchev–Trinajstić information content (AvgIpc) is 2.65. The van der Waals surface area contributed by atoms with E-state index < -0.39 is 0 Å². The molecule has 1 N–H and O–H groups in total. The van der Waals surface area contributed by atoms with Gasteiger partial charge in [-0.25, -0.2) is 0 Å². The second kappa shape index (κ2) is 10.6. The molecule has 2 rings (SSSR count). The zero-order valence-electron chi connectivity index (χ0n) is 14.8. The van der Waals surface area contributed by atoms with E-state index in [-0.39, 0.29) is 5.91 Å². The van der Waals surface area contributed by atoms with Crippen LogP contribution in [0.2, 0.25) is 0 Å². The van der Waals surface area contributed by atoms with Crippen LogP contribution in [0.4, 0.5) is 5.69 Å². The Morgan fingerprint density at radius 1 is 1.15 bits per heavy atom. The smallest absolute Gasteiger partial charge is 0.248 e. The zero-order valence-corrected chi connectivity index (χ0v) is 14.8. The summed E-state index contributed by atoms with van der Waals surface area (Å²) in [6.45, 7) is 3.03. The number of hydrogen-bond donors (Lipinski definition) is 1. The Hall–Kier alpha value is -3.26. The van der Waals surface area contributed by atoms with Gasteiger partial charge in [0.25, 0.3) is 0 Å². The summed E-state index contributed by atoms with van der Waals surface area (Å²) in [5.41, 5.74) is 1.57. The molecule has 0 aromatic heterocycles. The molecular weight excluding hydrogens is 328 g/mol. The Balaban J connectivity index is 1.87. The predicted octanol–water partition coefficient (Wildman–Crippen LogP) is 4.42. The summed E-state index contributed by atoms with van der Waals surface area (Å²) in [5, 5.41) is 11.3. The van der Waals surface area contributed by atoms with Crippen molar-refractivity contribution in [2.75, 3.05) is 18.5 Å². The number of ether oxygens (including phenoxy) is 2. The molecule has 2 aromatic rings. The molecule has 0 aliphatic carbocycles. The van der Waals surface area contributed by atoms with Crippen LogP contribution >= 0.6 is 0 Å². The van der Waals surface area contributed by atoms with Crippen LogP contribution in [0.1, 0.15) is 25.3 Å². The molecule has 0 aliphatic rings. The molecule has 0 radical (unpaired) electrons. The van der Waals surface area contributed by atoms with Gasteiger partial charge in [-0.3, -0.25) is 4.79 Å². The van der Waals surface area contributed by atoms with E-state index in [1.165, 1.54) is 6.08 Å². The lowest BCUT2D eigenvalue weighted by atomic mass is 10.2. The number of amides is 1. The molecule has 0 spiro atoms. The minimum absolute atomic E-state index is 0.222. The maximum Gasteiger partial charge on any atom is 0.248 e. The maximum atomic E-state index is 12.1. The van der Waals surface area contributed by atoms with E-state index in [2.05, 4.69) is 11.4 Å². The van der Waals surface area contributed by atoms with Crippen molar-refractivity contribution in [3.05, 3.63) is 60.2 Å². The summed E-state index contributed by atoms with van der Waals surface area (Å²) in [5.74, 6) is 1.25. The molecule has 0 aliphatic heterocycles. The topological polar surface area (TPSA) is 71.3 Å². The minimum atomic E-state index is -0.222. The van der Waals surface area contributed by atoms with Crippen LogP contribution < -0.4 is 14.8 Å². The summed E-state index contributed by atoms with van der Waals surface area (Å²) in [6.07, 6.45) is 4.37. The highest BCUT2D eigenvalue weighted by molar-refractivity contribution is 6.02. The van der Waals surface area contributed by atoms with Crippen molar-refractivity contribution in [3.63, 3.8) is 0 Å². The number of anilines is 1. The first-order chi connectivity index (χ1) is 12.7. The number of rotatable bonds is 9. The monoisotopic (exact) mass is 350 g/mol. The Morgan fingerprint density at radius 2 is 1.96 bits per heavy atom. The summed E-state index contributed by atoms with van der Waals surface area (Å²) in [7, 11) is 0. The largest absolute Gasteiger partial charge is 0.494 e. The van der Waals surface area contributed by atoms with Gasteiger partial charge in [0.05, 0.1) is 19.3 Å². The van der Waals surface area contributed by atoms with Crippen LogP contribution in [0, 0.1) is 11.3 Å². The summed E-state index contributed by atoms with van der Waals surface area (Å²) in [4.78, 5) is 12.1. The Morgan fingerprint density at radius 3 is 2.69 bits per heavy atom. The van der Waals surface area contributed by atoms with Crippen LogP contribution in [-0.2, 0) is 4.79 Å². The standard InChI is InChI=1S/C21H22N2O3/c1-2-25-19-11-8-17(9-12-19)10-13-21(24)23-18-6-5-7-20(16-18)26-15-4-3-14-22/h5-13,16H,2-4,15H2,1H3,(H,23,24)/b13-10+. The van der Waals surface area contributed by atoms with Crippen LogP contribution in [0.15, 0.2) is 54.6 Å². The number of unbranched alkanes of at least 4 members (excludes halogenated alkanes) is 1. The molecule has 0 atom stereocenters. The molecule has 0 fully saturated rings. The third-order valence-corrected chi connectivity index (χ3v) is 3.42. The number of nitriles is 1. The van der Waals surface area contributed by atoms with Gasteiger partial charge in [0.2, 0.25) is 5.91 Å². The van der Waals surface area contributed by atoms with Crippen LogP contribution in [0.5, 0.6) is 11.5 Å². The highest BCUT2D eigenvalue weighted by atomic mass is 16.5. The highest BCUT2D eigenvalue weighted by Crippen LogP contribution is 2.18. The van der Waals surface area contributed by atoms with Crippen molar-refractivity contribution in [1.29, 1.82) is 5.26 Å². The average molecular weight is 350 g/mol. The zero-order chi connectivity index (χ0) is 18.6. The van der Waals surface area contributed by atoms with Gasteiger partial charge in [-0.15, -0.1) is 0 Å². The van der Waals surface area contributed by atoms with Crippen molar-refractivity contribution in [2.24, 2.45) is 0 Å². The van der Waals surface area contributed by atoms with Crippen molar-refractivity contribution in [3.8, 4) is 17.6 Å². The number of benzene rings is 2. The van der Waals surface area contributed by atoms with Gasteiger partial charge < -0.3 is 14.8 Å². The Bertz CT molecular complexity index is 777. The van der Waals surface area contributed by atoms with E-state index in [0.29, 0.717) is 37.5 Å². The Labute approximate surface area is 153 Å². The molecule has 26 heavy (non-hydrogen) atoms. The fourth-order valence-electron chi connectivity index (χ4n) is 2.20. The molecule has 0 saturated carbocycles. The number of carbonyl (C=O) groups is 1. The van der Waals surface area contributed by atoms with Gasteiger partial charge in [-0.05, 0) is 49.2 Å². The van der Waals surface area contributed by atoms with E-state index in [1.54, 1.807) is 18.2 Å². The second-order valence-corrected chi connectivity index (χ2v) is 5.46. The van der Waals surface area contributed by atoms with E-state index in [0.717, 1.165) is 11.3 Å². The molecule has 5 nitrogen and oxygen atoms in total. The summed E-state index contributed by atoms with van der Waals surface area (Å²) >= 11 is 0. The third kappa shape index (κ3) is 6.70. The quantitative estimate of drug-likeness (QED) is 0.537. The normalized spacial score (nSPS) is 10.3. The van der Waals surface area contributed by atoms with Gasteiger partial charge in [0.1, 0.15) is 11.5 Å². The van der Waals surface area contributed by atoms with Crippen LogP contribution in [0.25, 0.3) is 6.08 Å². The number of carbonyl (C=O) groups excluding carboxylic acids is 1. The molecule has 5 heteroatoms. The summed E-state index contributed by atoms with van der Waals surface area (Å²) in [6, 6.07) is 16.8. The first kappa shape index (κ1) is 19.1. The lowest BCUT2D eigenvalue weighted by Crippen LogP contribution is -2.08. The van der Waals surface area contributed by atoms with E-state index >= 15 is 0 Å². The van der Waals surface area contributed by atoms with E-state index in [9.17, 15) is 4.79 Å². The van der Waals surface area contributed by atoms with E-state index in [1.807, 2.05) is 43.3 Å². The lowest BCUT2D eigenvalue weighted by Gasteiger charge is -2.07. The SMILES string of the molecule is CCOc1ccc(/C=C/C(=O)Nc2cccc(OCCCC#N)c2)cc1. The molecule has 0 saturated heterocycles. The number of nitrogens with one attached hydrogen (secondary N) is 1. The van der Waals surface area contributed by atoms with Crippen LogP contribution in [0.3, 0.4) is 0 Å². The van der Waals surface area contributed by atoms with E-state index in [4.69, 9.17) is 14.7 Å². The third-order valence-electron chi connectivity index (χ3n) is 3.42. The first-order valence-corrected chi connectivity index (χ1v) is 8.53. The molecular formula is C21H22N2O3. The molecule has 0 unspecified atom stereocenters. The lowest BCUT2D eigenvalue weighted by molar-refractivity contribution is -0.111. The molecule has 1 amide bonds. The maximum absolute atomic E-state index is 12.1. The van der Waals surface area contributed by atoms with Crippen molar-refractivity contribution in [2.45, 2.75) is 19.8 Å². The highest BCUT2D eigenvalue weighted by Gasteiger charge is 2.01. The molecule has 0 bridgehead atoms. The fourth-order valence-corrected chi connectivity index (χ4v) is 2.20. The number of hydrogen-bond acceptors (Lipinski definition) is 4. The minimum Gasteiger partial charge on any atom is -0.494 e. The molecule has 2 aromatic carbocycles. The van der Waals surface area contributed by atoms with Gasteiger partial charge in [-0.1, -0.05) is 18.2 Å². The fraction of sp³-hybridized carbons (Fsp3) is 0.238. The van der Waals surface area contributed by atoms with Gasteiger partial charge in [-0.2, -0.15) is 5.26 Å². The van der Waals surface area contributed by atoms with Gasteiger partial charge >= 0.3 is 0 Å². The summed E-state index contributed by atoms with van der Waals surface area (Å²) < 4.78 is 10.9. The van der Waals surface area contributed by atoms with Crippen molar-refractivity contribution < 1.29 is 14.3 Å². The van der Waals surface area contributed by atoms with Crippen molar-refractivity contribution >= 4 is 17.7 Å². The molecule has 134 valence electrons. The second-order valence-electron chi connectivity index (χ2n) is 5.46. The Kier molecular flexibility index (Phi) is 7.75. The predicted molar refractivity (Wildman–Crippen MR) is 102 cm³/mol. The van der Waals surface area contributed by atoms with Gasteiger partial charge in [0.15, 0.2) is 0 Å². The van der Waals surface area contributed by atoms with Crippen LogP contribution in [-0.4, -0.2) is 19.1 Å². The van der Waals surface area contributed by atoms with Gasteiger partial charge in [0, 0.05) is 24.3 Å².